The van der Waals surface area contributed by atoms with Gasteiger partial charge in [0.05, 0.1) is 19.9 Å². The van der Waals surface area contributed by atoms with E-state index in [0.29, 0.717) is 30.0 Å². The topological polar surface area (TPSA) is 91.2 Å². The predicted molar refractivity (Wildman–Crippen MR) is 102 cm³/mol. The van der Waals surface area contributed by atoms with E-state index in [0.717, 1.165) is 11.3 Å². The molecule has 0 atom stereocenters. The number of hydrogen-bond acceptors (Lipinski definition) is 6. The van der Waals surface area contributed by atoms with Gasteiger partial charge in [-0.3, -0.25) is 4.79 Å². The van der Waals surface area contributed by atoms with Crippen LogP contribution in [0.1, 0.15) is 16.1 Å². The van der Waals surface area contributed by atoms with Crippen molar-refractivity contribution in [1.29, 1.82) is 0 Å². The second kappa shape index (κ2) is 8.90. The minimum Gasteiger partial charge on any atom is -0.493 e. The molecular formula is C20H21N3O5. The SMILES string of the molecule is COC(=O)COc1ccc(C(=O)NCCc2cn3ccccc3n2)cc1OC. The molecule has 28 heavy (non-hydrogen) atoms. The quantitative estimate of drug-likeness (QED) is 0.597. The van der Waals surface area contributed by atoms with Gasteiger partial charge in [0.2, 0.25) is 0 Å². The van der Waals surface area contributed by atoms with Crippen LogP contribution in [-0.4, -0.2) is 48.6 Å². The summed E-state index contributed by atoms with van der Waals surface area (Å²) >= 11 is 0. The zero-order valence-electron chi connectivity index (χ0n) is 15.7. The highest BCUT2D eigenvalue weighted by atomic mass is 16.6. The molecule has 1 amide bonds. The first-order valence-corrected chi connectivity index (χ1v) is 8.69. The summed E-state index contributed by atoms with van der Waals surface area (Å²) in [5.74, 6) is -0.0246. The van der Waals surface area contributed by atoms with Crippen molar-refractivity contribution < 1.29 is 23.8 Å². The third-order valence-corrected chi connectivity index (χ3v) is 4.08. The predicted octanol–water partition coefficient (Wildman–Crippen LogP) is 1.87. The lowest BCUT2D eigenvalue weighted by molar-refractivity contribution is -0.142. The van der Waals surface area contributed by atoms with Crippen molar-refractivity contribution in [2.24, 2.45) is 0 Å². The van der Waals surface area contributed by atoms with Gasteiger partial charge in [0, 0.05) is 30.9 Å². The molecule has 1 aromatic carbocycles. The molecule has 3 rings (SSSR count). The maximum absolute atomic E-state index is 12.4. The highest BCUT2D eigenvalue weighted by molar-refractivity contribution is 5.94. The molecule has 0 aliphatic carbocycles. The van der Waals surface area contributed by atoms with Crippen LogP contribution in [-0.2, 0) is 16.0 Å². The van der Waals surface area contributed by atoms with Crippen LogP contribution in [0.15, 0.2) is 48.8 Å². The number of nitrogens with zero attached hydrogens (tertiary/aromatic N) is 2. The molecule has 2 aromatic heterocycles. The second-order valence-electron chi connectivity index (χ2n) is 5.93. The van der Waals surface area contributed by atoms with Crippen molar-refractivity contribution in [3.05, 3.63) is 60.0 Å². The Labute approximate surface area is 162 Å². The molecular weight excluding hydrogens is 362 g/mol. The Hall–Kier alpha value is -3.55. The fraction of sp³-hybridized carbons (Fsp3) is 0.250. The Morgan fingerprint density at radius 3 is 2.75 bits per heavy atom. The summed E-state index contributed by atoms with van der Waals surface area (Å²) in [6.07, 6.45) is 4.49. The van der Waals surface area contributed by atoms with Gasteiger partial charge >= 0.3 is 5.97 Å². The first-order chi connectivity index (χ1) is 13.6. The second-order valence-corrected chi connectivity index (χ2v) is 5.93. The molecule has 0 aliphatic heterocycles. The average molecular weight is 383 g/mol. The number of ether oxygens (including phenoxy) is 3. The van der Waals surface area contributed by atoms with Gasteiger partial charge in [-0.25, -0.2) is 9.78 Å². The van der Waals surface area contributed by atoms with Gasteiger partial charge in [0.15, 0.2) is 18.1 Å². The number of pyridine rings is 1. The molecule has 8 heteroatoms. The molecule has 1 N–H and O–H groups in total. The van der Waals surface area contributed by atoms with Gasteiger partial charge in [-0.1, -0.05) is 6.07 Å². The Balaban J connectivity index is 1.58. The van der Waals surface area contributed by atoms with E-state index in [4.69, 9.17) is 9.47 Å². The van der Waals surface area contributed by atoms with Gasteiger partial charge in [-0.05, 0) is 30.3 Å². The molecule has 0 radical (unpaired) electrons. The van der Waals surface area contributed by atoms with Crippen LogP contribution in [0, 0.1) is 0 Å². The zero-order valence-corrected chi connectivity index (χ0v) is 15.7. The van der Waals surface area contributed by atoms with Crippen LogP contribution in [0.3, 0.4) is 0 Å². The lowest BCUT2D eigenvalue weighted by Crippen LogP contribution is -2.25. The molecule has 0 saturated carbocycles. The number of carbonyl (C=O) groups excluding carboxylic acids is 2. The molecule has 0 unspecified atom stereocenters. The first-order valence-electron chi connectivity index (χ1n) is 8.69. The smallest absolute Gasteiger partial charge is 0.343 e. The number of hydrogen-bond donors (Lipinski definition) is 1. The van der Waals surface area contributed by atoms with E-state index >= 15 is 0 Å². The van der Waals surface area contributed by atoms with E-state index in [1.54, 1.807) is 18.2 Å². The first kappa shape index (κ1) is 19.2. The Kier molecular flexibility index (Phi) is 6.11. The largest absolute Gasteiger partial charge is 0.493 e. The van der Waals surface area contributed by atoms with Crippen LogP contribution < -0.4 is 14.8 Å². The number of esters is 1. The molecule has 0 aliphatic rings. The maximum atomic E-state index is 12.4. The fourth-order valence-electron chi connectivity index (χ4n) is 2.64. The van der Waals surface area contributed by atoms with Gasteiger partial charge in [-0.2, -0.15) is 0 Å². The maximum Gasteiger partial charge on any atom is 0.343 e. The normalized spacial score (nSPS) is 10.5. The minimum atomic E-state index is -0.504. The van der Waals surface area contributed by atoms with Crippen molar-refractivity contribution in [2.45, 2.75) is 6.42 Å². The number of nitrogens with one attached hydrogen (secondary N) is 1. The highest BCUT2D eigenvalue weighted by Gasteiger charge is 2.12. The molecule has 3 aromatic rings. The number of benzene rings is 1. The number of carbonyl (C=O) groups is 2. The summed E-state index contributed by atoms with van der Waals surface area (Å²) < 4.78 is 17.1. The highest BCUT2D eigenvalue weighted by Crippen LogP contribution is 2.28. The molecule has 0 saturated heterocycles. The van der Waals surface area contributed by atoms with Gasteiger partial charge in [0.1, 0.15) is 5.65 Å². The summed E-state index contributed by atoms with van der Waals surface area (Å²) in [6, 6.07) is 10.5. The molecule has 0 fully saturated rings. The van der Waals surface area contributed by atoms with Crippen LogP contribution in [0.5, 0.6) is 11.5 Å². The summed E-state index contributed by atoms with van der Waals surface area (Å²) in [5.41, 5.74) is 2.20. The standard InChI is InChI=1S/C20H21N3O5/c1-26-17-11-14(6-7-16(17)28-13-19(24)27-2)20(25)21-9-8-15-12-23-10-4-3-5-18(23)22-15/h3-7,10-12H,8-9,13H2,1-2H3,(H,21,25). The van der Waals surface area contributed by atoms with Crippen molar-refractivity contribution in [3.63, 3.8) is 0 Å². The number of methoxy groups -OCH3 is 2. The summed E-state index contributed by atoms with van der Waals surface area (Å²) in [7, 11) is 2.74. The van der Waals surface area contributed by atoms with E-state index < -0.39 is 5.97 Å². The number of aromatic nitrogens is 2. The number of imidazole rings is 1. The van der Waals surface area contributed by atoms with Crippen LogP contribution in [0.25, 0.3) is 5.65 Å². The summed E-state index contributed by atoms with van der Waals surface area (Å²) in [4.78, 5) is 28.1. The molecule has 146 valence electrons. The Bertz CT molecular complexity index is 950. The van der Waals surface area contributed by atoms with Crippen LogP contribution in [0.2, 0.25) is 0 Å². The summed E-state index contributed by atoms with van der Waals surface area (Å²) in [5, 5.41) is 2.86. The van der Waals surface area contributed by atoms with Gasteiger partial charge in [0.25, 0.3) is 5.91 Å². The number of amides is 1. The summed E-state index contributed by atoms with van der Waals surface area (Å²) in [6.45, 7) is 0.211. The zero-order chi connectivity index (χ0) is 19.9. The van der Waals surface area contributed by atoms with E-state index in [2.05, 4.69) is 15.0 Å². The molecule has 2 heterocycles. The lowest BCUT2D eigenvalue weighted by Gasteiger charge is -2.11. The van der Waals surface area contributed by atoms with Gasteiger partial charge < -0.3 is 23.9 Å². The van der Waals surface area contributed by atoms with E-state index in [-0.39, 0.29) is 12.5 Å². The third kappa shape index (κ3) is 4.59. The molecule has 0 spiro atoms. The third-order valence-electron chi connectivity index (χ3n) is 4.08. The van der Waals surface area contributed by atoms with Crippen molar-refractivity contribution in [2.75, 3.05) is 27.4 Å². The Morgan fingerprint density at radius 1 is 1.14 bits per heavy atom. The number of rotatable bonds is 8. The van der Waals surface area contributed by atoms with Crippen molar-refractivity contribution >= 4 is 17.5 Å². The van der Waals surface area contributed by atoms with Crippen molar-refractivity contribution in [3.8, 4) is 11.5 Å². The monoisotopic (exact) mass is 383 g/mol. The Morgan fingerprint density at radius 2 is 2.00 bits per heavy atom. The van der Waals surface area contributed by atoms with Crippen LogP contribution >= 0.6 is 0 Å². The van der Waals surface area contributed by atoms with Crippen LogP contribution in [0.4, 0.5) is 0 Å². The number of fused-ring (bicyclic) bond motifs is 1. The minimum absolute atomic E-state index is 0.235. The van der Waals surface area contributed by atoms with Gasteiger partial charge in [-0.15, -0.1) is 0 Å². The molecule has 8 nitrogen and oxygen atoms in total. The molecule has 0 bridgehead atoms. The van der Waals surface area contributed by atoms with E-state index in [1.807, 2.05) is 35.0 Å². The fourth-order valence-corrected chi connectivity index (χ4v) is 2.64. The van der Waals surface area contributed by atoms with Crippen molar-refractivity contribution in [1.82, 2.24) is 14.7 Å². The van der Waals surface area contributed by atoms with E-state index in [9.17, 15) is 9.59 Å². The van der Waals surface area contributed by atoms with E-state index in [1.165, 1.54) is 14.2 Å². The average Bonchev–Trinajstić information content (AvgIpc) is 3.14. The lowest BCUT2D eigenvalue weighted by atomic mass is 10.2.